The highest BCUT2D eigenvalue weighted by molar-refractivity contribution is 6.18. The Morgan fingerprint density at radius 3 is 3.08 bits per heavy atom. The molecule has 0 amide bonds. The number of aliphatic hydroxyl groups is 1. The first-order chi connectivity index (χ1) is 6.27. The van der Waals surface area contributed by atoms with Gasteiger partial charge in [0.15, 0.2) is 5.82 Å². The Bertz CT molecular complexity index is 306. The minimum atomic E-state index is -0.692. The van der Waals surface area contributed by atoms with Crippen molar-refractivity contribution in [3.63, 3.8) is 0 Å². The van der Waals surface area contributed by atoms with E-state index in [2.05, 4.69) is 15.5 Å². The van der Waals surface area contributed by atoms with Gasteiger partial charge in [-0.15, -0.1) is 16.7 Å². The zero-order chi connectivity index (χ0) is 9.68. The molecule has 0 bridgehead atoms. The fourth-order valence-electron chi connectivity index (χ4n) is 0.811. The Morgan fingerprint density at radius 2 is 2.46 bits per heavy atom. The van der Waals surface area contributed by atoms with E-state index in [1.807, 2.05) is 6.07 Å². The van der Waals surface area contributed by atoms with Gasteiger partial charge in [0.05, 0.1) is 31.0 Å². The average Bonchev–Trinajstić information content (AvgIpc) is 2.54. The maximum Gasteiger partial charge on any atom is 0.165 e. The topological polar surface area (TPSA) is 87.6 Å². The molecule has 0 fully saturated rings. The Kier molecular flexibility index (Phi) is 3.61. The van der Waals surface area contributed by atoms with Gasteiger partial charge in [-0.1, -0.05) is 0 Å². The number of alkyl halides is 1. The highest BCUT2D eigenvalue weighted by Crippen LogP contribution is 1.97. The second-order valence-corrected chi connectivity index (χ2v) is 2.73. The molecular weight excluding hydrogens is 194 g/mol. The van der Waals surface area contributed by atoms with Gasteiger partial charge in [0, 0.05) is 0 Å². The van der Waals surface area contributed by atoms with Gasteiger partial charge in [-0.05, 0) is 10.4 Å². The Morgan fingerprint density at radius 1 is 1.69 bits per heavy atom. The minimum Gasteiger partial charge on any atom is -0.390 e. The highest BCUT2D eigenvalue weighted by Gasteiger charge is 2.09. The number of aliphatic hydroxyl groups excluding tert-OH is 1. The summed E-state index contributed by atoms with van der Waals surface area (Å²) < 4.78 is 1.37. The maximum atomic E-state index is 9.19. The van der Waals surface area contributed by atoms with Crippen LogP contribution >= 0.6 is 11.6 Å². The maximum absolute atomic E-state index is 9.19. The van der Waals surface area contributed by atoms with Crippen molar-refractivity contribution in [2.24, 2.45) is 0 Å². The lowest BCUT2D eigenvalue weighted by Gasteiger charge is -2.06. The Balaban J connectivity index is 2.66. The summed E-state index contributed by atoms with van der Waals surface area (Å²) in [5, 5.41) is 28.2. The van der Waals surface area contributed by atoms with Crippen LogP contribution in [0.4, 0.5) is 0 Å². The lowest BCUT2D eigenvalue weighted by atomic mass is 10.4. The molecule has 1 aromatic rings. The molecule has 1 heterocycles. The molecule has 70 valence electrons. The number of hydrogen-bond donors (Lipinski definition) is 1. The Hall–Kier alpha value is -1.19. The summed E-state index contributed by atoms with van der Waals surface area (Å²) in [4.78, 5) is 0. The normalized spacial score (nSPS) is 12.4. The summed E-state index contributed by atoms with van der Waals surface area (Å²) in [5.74, 6) is 0.554. The molecule has 13 heavy (non-hydrogen) atoms. The molecule has 1 aromatic heterocycles. The molecule has 0 aliphatic rings. The lowest BCUT2D eigenvalue weighted by molar-refractivity contribution is 0.169. The van der Waals surface area contributed by atoms with Crippen LogP contribution in [0.1, 0.15) is 5.82 Å². The zero-order valence-electron chi connectivity index (χ0n) is 6.76. The summed E-state index contributed by atoms with van der Waals surface area (Å²) in [5.41, 5.74) is 0. The van der Waals surface area contributed by atoms with E-state index in [0.29, 0.717) is 5.82 Å². The second-order valence-electron chi connectivity index (χ2n) is 2.42. The van der Waals surface area contributed by atoms with Crippen molar-refractivity contribution in [3.05, 3.63) is 5.82 Å². The van der Waals surface area contributed by atoms with Gasteiger partial charge in [0.2, 0.25) is 0 Å². The summed E-state index contributed by atoms with van der Waals surface area (Å²) in [6, 6.07) is 1.92. The van der Waals surface area contributed by atoms with E-state index >= 15 is 0 Å². The van der Waals surface area contributed by atoms with Crippen molar-refractivity contribution < 1.29 is 5.11 Å². The number of nitriles is 1. The van der Waals surface area contributed by atoms with E-state index in [1.54, 1.807) is 0 Å². The van der Waals surface area contributed by atoms with E-state index in [0.717, 1.165) is 0 Å². The smallest absolute Gasteiger partial charge is 0.165 e. The summed E-state index contributed by atoms with van der Waals surface area (Å²) in [6.07, 6.45) is -0.565. The minimum absolute atomic E-state index is 0.117. The summed E-state index contributed by atoms with van der Waals surface area (Å²) in [6.45, 7) is 0.216. The number of halogens is 1. The van der Waals surface area contributed by atoms with Crippen LogP contribution in [0.25, 0.3) is 0 Å². The molecule has 6 nitrogen and oxygen atoms in total. The fraction of sp³-hybridized carbons (Fsp3) is 0.667. The Labute approximate surface area is 79.7 Å². The van der Waals surface area contributed by atoms with Crippen molar-refractivity contribution in [1.82, 2.24) is 20.2 Å². The molecule has 0 saturated heterocycles. The highest BCUT2D eigenvalue weighted by atomic mass is 35.5. The first kappa shape index (κ1) is 9.89. The molecule has 1 unspecified atom stereocenters. The van der Waals surface area contributed by atoms with Gasteiger partial charge in [-0.2, -0.15) is 5.26 Å². The van der Waals surface area contributed by atoms with Crippen molar-refractivity contribution >= 4 is 11.6 Å². The first-order valence-electron chi connectivity index (χ1n) is 3.64. The fourth-order valence-corrected chi connectivity index (χ4v) is 0.908. The molecule has 1 N–H and O–H groups in total. The predicted molar refractivity (Wildman–Crippen MR) is 43.9 cm³/mol. The monoisotopic (exact) mass is 201 g/mol. The number of rotatable bonds is 4. The van der Waals surface area contributed by atoms with Crippen molar-refractivity contribution in [1.29, 1.82) is 5.26 Å². The quantitative estimate of drug-likeness (QED) is 0.654. The van der Waals surface area contributed by atoms with Crippen LogP contribution in [0.2, 0.25) is 0 Å². The molecule has 0 saturated carbocycles. The molecule has 0 aliphatic carbocycles. The van der Waals surface area contributed by atoms with Gasteiger partial charge in [0.1, 0.15) is 0 Å². The molecule has 0 aromatic carbocycles. The summed E-state index contributed by atoms with van der Waals surface area (Å²) in [7, 11) is 0. The molecule has 7 heteroatoms. The van der Waals surface area contributed by atoms with E-state index in [9.17, 15) is 5.11 Å². The van der Waals surface area contributed by atoms with Crippen molar-refractivity contribution in [2.75, 3.05) is 5.88 Å². The van der Waals surface area contributed by atoms with Crippen LogP contribution in [-0.2, 0) is 13.0 Å². The molecule has 1 atom stereocenters. The lowest BCUT2D eigenvalue weighted by Crippen LogP contribution is -2.20. The second kappa shape index (κ2) is 4.74. The molecule has 0 radical (unpaired) electrons. The first-order valence-corrected chi connectivity index (χ1v) is 4.17. The van der Waals surface area contributed by atoms with Gasteiger partial charge in [-0.25, -0.2) is 4.68 Å². The van der Waals surface area contributed by atoms with Gasteiger partial charge in [-0.3, -0.25) is 0 Å². The van der Waals surface area contributed by atoms with Crippen molar-refractivity contribution in [2.45, 2.75) is 19.1 Å². The third-order valence-corrected chi connectivity index (χ3v) is 1.76. The summed E-state index contributed by atoms with van der Waals surface area (Å²) >= 11 is 5.40. The molecule has 0 spiro atoms. The molecule has 0 aliphatic heterocycles. The van der Waals surface area contributed by atoms with Crippen LogP contribution in [-0.4, -0.2) is 37.3 Å². The third-order valence-electron chi connectivity index (χ3n) is 1.41. The SMILES string of the molecule is N#CCc1nnnn1CC(O)CCl. The molecule has 1 rings (SSSR count). The van der Waals surface area contributed by atoms with E-state index in [-0.39, 0.29) is 18.8 Å². The van der Waals surface area contributed by atoms with Crippen LogP contribution in [0.15, 0.2) is 0 Å². The van der Waals surface area contributed by atoms with Gasteiger partial charge in [0.25, 0.3) is 0 Å². The average molecular weight is 202 g/mol. The number of aromatic nitrogens is 4. The predicted octanol–water partition coefficient (Wildman–Crippen LogP) is -0.661. The van der Waals surface area contributed by atoms with Crippen LogP contribution in [0.5, 0.6) is 0 Å². The van der Waals surface area contributed by atoms with Crippen LogP contribution in [0.3, 0.4) is 0 Å². The standard InChI is InChI=1S/C6H8ClN5O/c7-3-5(13)4-12-6(1-2-8)9-10-11-12/h5,13H,1,3-4H2. The zero-order valence-corrected chi connectivity index (χ0v) is 7.52. The van der Waals surface area contributed by atoms with Gasteiger partial charge < -0.3 is 5.11 Å². The van der Waals surface area contributed by atoms with E-state index in [1.165, 1.54) is 4.68 Å². The van der Waals surface area contributed by atoms with Crippen LogP contribution in [0, 0.1) is 11.3 Å². The van der Waals surface area contributed by atoms with E-state index in [4.69, 9.17) is 16.9 Å². The third kappa shape index (κ3) is 2.65. The number of nitrogens with zero attached hydrogens (tertiary/aromatic N) is 5. The van der Waals surface area contributed by atoms with Crippen molar-refractivity contribution in [3.8, 4) is 6.07 Å². The largest absolute Gasteiger partial charge is 0.390 e. The van der Waals surface area contributed by atoms with Crippen LogP contribution < -0.4 is 0 Å². The number of tetrazole rings is 1. The number of hydrogen-bond acceptors (Lipinski definition) is 5. The molecular formula is C6H8ClN5O. The van der Waals surface area contributed by atoms with E-state index < -0.39 is 6.10 Å². The van der Waals surface area contributed by atoms with Gasteiger partial charge >= 0.3 is 0 Å².